The number of hydrogen-bond donors (Lipinski definition) is 2. The molecule has 4 nitrogen and oxygen atoms in total. The average Bonchev–Trinajstić information content (AvgIpc) is 2.61. The van der Waals surface area contributed by atoms with Crippen LogP contribution < -0.4 is 5.73 Å². The zero-order valence-corrected chi connectivity index (χ0v) is 9.88. The van der Waals surface area contributed by atoms with Crippen LogP contribution in [0.15, 0.2) is 6.20 Å². The molecule has 2 heterocycles. The van der Waals surface area contributed by atoms with Crippen molar-refractivity contribution in [2.24, 2.45) is 0 Å². The van der Waals surface area contributed by atoms with Gasteiger partial charge in [0.1, 0.15) is 11.5 Å². The molecule has 0 saturated heterocycles. The normalized spacial score (nSPS) is 11.1. The average molecular weight is 218 g/mol. The number of anilines is 1. The van der Waals surface area contributed by atoms with Crippen molar-refractivity contribution in [2.75, 3.05) is 5.73 Å². The number of fused-ring (bicyclic) bond motifs is 1. The van der Waals surface area contributed by atoms with Crippen molar-refractivity contribution >= 4 is 16.7 Å². The predicted octanol–water partition coefficient (Wildman–Crippen LogP) is 2.45. The van der Waals surface area contributed by atoms with Gasteiger partial charge < -0.3 is 10.7 Å². The van der Waals surface area contributed by atoms with Crippen LogP contribution in [0.2, 0.25) is 0 Å². The number of nitrogens with zero attached hydrogens (tertiary/aromatic N) is 2. The topological polar surface area (TPSA) is 67.6 Å². The Balaban J connectivity index is 2.56. The lowest BCUT2D eigenvalue weighted by molar-refractivity contribution is 0.807. The predicted molar refractivity (Wildman–Crippen MR) is 66.3 cm³/mol. The zero-order valence-electron chi connectivity index (χ0n) is 9.88. The smallest absolute Gasteiger partial charge is 0.143 e. The minimum atomic E-state index is 0.751. The van der Waals surface area contributed by atoms with Gasteiger partial charge in [0.25, 0.3) is 0 Å². The highest BCUT2D eigenvalue weighted by atomic mass is 15.0. The summed E-state index contributed by atoms with van der Waals surface area (Å²) in [4.78, 5) is 12.2. The lowest BCUT2D eigenvalue weighted by Gasteiger charge is -2.04. The summed E-state index contributed by atoms with van der Waals surface area (Å²) >= 11 is 0. The van der Waals surface area contributed by atoms with Gasteiger partial charge in [-0.2, -0.15) is 0 Å². The molecule has 0 saturated carbocycles. The lowest BCUT2D eigenvalue weighted by atomic mass is 10.1. The van der Waals surface area contributed by atoms with Crippen molar-refractivity contribution in [3.05, 3.63) is 17.7 Å². The fourth-order valence-corrected chi connectivity index (χ4v) is 1.94. The number of aryl methyl sites for hydroxylation is 2. The van der Waals surface area contributed by atoms with Crippen molar-refractivity contribution < 1.29 is 0 Å². The number of rotatable bonds is 4. The van der Waals surface area contributed by atoms with E-state index in [1.165, 1.54) is 0 Å². The van der Waals surface area contributed by atoms with Crippen molar-refractivity contribution in [1.29, 1.82) is 0 Å². The highest BCUT2D eigenvalue weighted by Crippen LogP contribution is 2.23. The van der Waals surface area contributed by atoms with Gasteiger partial charge in [-0.3, -0.25) is 0 Å². The Labute approximate surface area is 95.3 Å². The molecular weight excluding hydrogens is 200 g/mol. The maximum atomic E-state index is 5.92. The van der Waals surface area contributed by atoms with Crippen LogP contribution in [0, 0.1) is 0 Å². The molecule has 0 aliphatic rings. The number of nitrogen functional groups attached to an aromatic ring is 1. The van der Waals surface area contributed by atoms with Gasteiger partial charge in [0.2, 0.25) is 0 Å². The fourth-order valence-electron chi connectivity index (χ4n) is 1.94. The molecule has 86 valence electrons. The molecule has 2 aromatic heterocycles. The van der Waals surface area contributed by atoms with E-state index in [4.69, 9.17) is 5.73 Å². The van der Waals surface area contributed by atoms with Crippen LogP contribution in [-0.2, 0) is 12.8 Å². The quantitative estimate of drug-likeness (QED) is 0.828. The molecular formula is C12H18N4. The third-order valence-electron chi connectivity index (χ3n) is 2.64. The Morgan fingerprint density at radius 1 is 1.19 bits per heavy atom. The Kier molecular flexibility index (Phi) is 3.08. The monoisotopic (exact) mass is 218 g/mol. The molecule has 0 aliphatic heterocycles. The molecule has 0 bridgehead atoms. The van der Waals surface area contributed by atoms with Crippen LogP contribution in [0.5, 0.6) is 0 Å². The molecule has 0 radical (unpaired) electrons. The number of H-pyrrole nitrogens is 1. The molecule has 2 rings (SSSR count). The molecule has 3 N–H and O–H groups in total. The number of nitrogens with one attached hydrogen (secondary N) is 1. The van der Waals surface area contributed by atoms with E-state index in [9.17, 15) is 0 Å². The third kappa shape index (κ3) is 1.87. The molecule has 4 heteroatoms. The summed E-state index contributed by atoms with van der Waals surface area (Å²) in [6.45, 7) is 4.28. The molecule has 0 aromatic carbocycles. The minimum Gasteiger partial charge on any atom is -0.397 e. The Bertz CT molecular complexity index is 487. The first kappa shape index (κ1) is 10.9. The fraction of sp³-hybridized carbons (Fsp3) is 0.500. The molecule has 0 amide bonds. The second kappa shape index (κ2) is 4.51. The molecule has 0 unspecified atom stereocenters. The summed E-state index contributed by atoms with van der Waals surface area (Å²) in [6, 6.07) is 0. The van der Waals surface area contributed by atoms with E-state index in [1.807, 2.05) is 0 Å². The summed E-state index contributed by atoms with van der Waals surface area (Å²) < 4.78 is 0. The highest BCUT2D eigenvalue weighted by molar-refractivity contribution is 5.90. The molecule has 0 atom stereocenters. The van der Waals surface area contributed by atoms with E-state index in [2.05, 4.69) is 28.8 Å². The van der Waals surface area contributed by atoms with Gasteiger partial charge in [-0.1, -0.05) is 20.3 Å². The second-order valence-electron chi connectivity index (χ2n) is 4.05. The van der Waals surface area contributed by atoms with Crippen LogP contribution >= 0.6 is 0 Å². The first-order chi connectivity index (χ1) is 7.76. The number of hydrogen-bond acceptors (Lipinski definition) is 3. The van der Waals surface area contributed by atoms with Crippen LogP contribution in [0.4, 0.5) is 5.69 Å². The van der Waals surface area contributed by atoms with Gasteiger partial charge in [0.05, 0.1) is 16.8 Å². The van der Waals surface area contributed by atoms with Gasteiger partial charge in [-0.15, -0.1) is 0 Å². The third-order valence-corrected chi connectivity index (χ3v) is 2.64. The van der Waals surface area contributed by atoms with E-state index in [0.717, 1.165) is 53.9 Å². The number of aromatic amines is 1. The Morgan fingerprint density at radius 2 is 1.94 bits per heavy atom. The zero-order chi connectivity index (χ0) is 11.5. The van der Waals surface area contributed by atoms with Crippen LogP contribution in [0.1, 0.15) is 38.2 Å². The maximum Gasteiger partial charge on any atom is 0.143 e. The first-order valence-corrected chi connectivity index (χ1v) is 5.88. The lowest BCUT2D eigenvalue weighted by Crippen LogP contribution is -2.01. The summed E-state index contributed by atoms with van der Waals surface area (Å²) in [5.41, 5.74) is 8.62. The van der Waals surface area contributed by atoms with Crippen molar-refractivity contribution in [3.8, 4) is 0 Å². The molecule has 0 aliphatic carbocycles. The van der Waals surface area contributed by atoms with E-state index < -0.39 is 0 Å². The second-order valence-corrected chi connectivity index (χ2v) is 4.05. The van der Waals surface area contributed by atoms with Gasteiger partial charge in [-0.25, -0.2) is 9.97 Å². The van der Waals surface area contributed by atoms with E-state index in [1.54, 1.807) is 6.20 Å². The summed E-state index contributed by atoms with van der Waals surface area (Å²) in [5.74, 6) is 0.917. The van der Waals surface area contributed by atoms with Crippen LogP contribution in [0.3, 0.4) is 0 Å². The molecule has 16 heavy (non-hydrogen) atoms. The van der Waals surface area contributed by atoms with Gasteiger partial charge in [0, 0.05) is 12.6 Å². The SMILES string of the molecule is CCCc1nc(CCC)c2c(N)c[nH]c2n1. The van der Waals surface area contributed by atoms with Crippen molar-refractivity contribution in [1.82, 2.24) is 15.0 Å². The Hall–Kier alpha value is -1.58. The van der Waals surface area contributed by atoms with E-state index in [0.29, 0.717) is 0 Å². The van der Waals surface area contributed by atoms with Crippen LogP contribution in [-0.4, -0.2) is 15.0 Å². The Morgan fingerprint density at radius 3 is 2.62 bits per heavy atom. The maximum absolute atomic E-state index is 5.92. The van der Waals surface area contributed by atoms with Crippen LogP contribution in [0.25, 0.3) is 11.0 Å². The van der Waals surface area contributed by atoms with Crippen molar-refractivity contribution in [2.45, 2.75) is 39.5 Å². The minimum absolute atomic E-state index is 0.751. The van der Waals surface area contributed by atoms with Gasteiger partial charge in [-0.05, 0) is 12.8 Å². The summed E-state index contributed by atoms with van der Waals surface area (Å²) in [7, 11) is 0. The molecule has 2 aromatic rings. The standard InChI is InChI=1S/C12H18N4/c1-3-5-9-11-8(13)7-14-12(11)16-10(15-9)6-4-2/h7H,3-6,13H2,1-2H3,(H,14,15,16). The number of aromatic nitrogens is 3. The molecule has 0 fully saturated rings. The van der Waals surface area contributed by atoms with Gasteiger partial charge >= 0.3 is 0 Å². The van der Waals surface area contributed by atoms with Gasteiger partial charge in [0.15, 0.2) is 0 Å². The largest absolute Gasteiger partial charge is 0.397 e. The summed E-state index contributed by atoms with van der Waals surface area (Å²) in [6.07, 6.45) is 5.81. The molecule has 0 spiro atoms. The van der Waals surface area contributed by atoms with E-state index in [-0.39, 0.29) is 0 Å². The van der Waals surface area contributed by atoms with Crippen molar-refractivity contribution in [3.63, 3.8) is 0 Å². The number of nitrogens with two attached hydrogens (primary N) is 1. The summed E-state index contributed by atoms with van der Waals surface area (Å²) in [5, 5.41) is 1.00. The first-order valence-electron chi connectivity index (χ1n) is 5.88. The van der Waals surface area contributed by atoms with E-state index >= 15 is 0 Å². The highest BCUT2D eigenvalue weighted by Gasteiger charge is 2.10.